The molecule has 2 aromatic rings. The fraction of sp³-hybridized carbons (Fsp3) is 0.455. The molecule has 1 aliphatic heterocycles. The molecule has 5 nitrogen and oxygen atoms in total. The molecule has 7 heteroatoms. The van der Waals surface area contributed by atoms with E-state index >= 15 is 0 Å². The quantitative estimate of drug-likeness (QED) is 0.510. The smallest absolute Gasteiger partial charge is 0.244 e. The molecule has 0 saturated carbocycles. The molecule has 0 spiro atoms. The monoisotopic (exact) mass is 430 g/mol. The Labute approximate surface area is 177 Å². The van der Waals surface area contributed by atoms with Crippen molar-refractivity contribution in [1.82, 2.24) is 9.29 Å². The Morgan fingerprint density at radius 2 is 1.72 bits per heavy atom. The average Bonchev–Trinajstić information content (AvgIpc) is 2.78. The van der Waals surface area contributed by atoms with Crippen molar-refractivity contribution in [2.75, 3.05) is 18.8 Å². The zero-order valence-electron chi connectivity index (χ0n) is 16.5. The van der Waals surface area contributed by atoms with E-state index in [2.05, 4.69) is 11.1 Å². The third-order valence-electron chi connectivity index (χ3n) is 5.68. The van der Waals surface area contributed by atoms with Gasteiger partial charge in [-0.25, -0.2) is 13.4 Å². The number of Topliss-reactive ketones (excluding diaryl/α,β-unsaturated/α-hetero) is 1. The highest BCUT2D eigenvalue weighted by molar-refractivity contribution is 7.99. The van der Waals surface area contributed by atoms with Gasteiger partial charge < -0.3 is 0 Å². The van der Waals surface area contributed by atoms with Crippen LogP contribution in [0.1, 0.15) is 53.6 Å². The molecular formula is C22H26N2O3S2. The topological polar surface area (TPSA) is 67.3 Å². The van der Waals surface area contributed by atoms with Gasteiger partial charge in [0, 0.05) is 24.8 Å². The minimum Gasteiger partial charge on any atom is -0.293 e. The van der Waals surface area contributed by atoms with Crippen LogP contribution in [-0.4, -0.2) is 42.3 Å². The lowest BCUT2D eigenvalue weighted by Crippen LogP contribution is -2.35. The number of hydrogen-bond acceptors (Lipinski definition) is 5. The Kier molecular flexibility index (Phi) is 6.37. The highest BCUT2D eigenvalue weighted by Gasteiger charge is 2.26. The summed E-state index contributed by atoms with van der Waals surface area (Å²) in [5.41, 5.74) is 3.42. The summed E-state index contributed by atoms with van der Waals surface area (Å²) in [5.74, 6) is 0.375. The Balaban J connectivity index is 1.38. The third kappa shape index (κ3) is 4.73. The van der Waals surface area contributed by atoms with E-state index in [0.29, 0.717) is 23.9 Å². The Bertz CT molecular complexity index is 982. The number of hydrogen-bond donors (Lipinski definition) is 0. The molecule has 1 aromatic carbocycles. The molecule has 1 saturated heterocycles. The molecule has 2 heterocycles. The summed E-state index contributed by atoms with van der Waals surface area (Å²) in [6.45, 7) is 1.15. The molecule has 0 atom stereocenters. The maximum atomic E-state index is 12.7. The van der Waals surface area contributed by atoms with Crippen molar-refractivity contribution >= 4 is 27.6 Å². The number of sulfonamides is 1. The van der Waals surface area contributed by atoms with E-state index in [1.807, 2.05) is 12.1 Å². The zero-order chi connectivity index (χ0) is 20.3. The number of pyridine rings is 1. The van der Waals surface area contributed by atoms with Crippen LogP contribution in [0.5, 0.6) is 0 Å². The number of aryl methyl sites for hydroxylation is 2. The SMILES string of the molecule is O=C(CSc1ccc(S(=O)(=O)N2CCCCC2)cn1)c1ccc2c(c1)CCCC2. The van der Waals surface area contributed by atoms with Crippen molar-refractivity contribution in [3.05, 3.63) is 53.2 Å². The number of thioether (sulfide) groups is 1. The van der Waals surface area contributed by atoms with E-state index < -0.39 is 10.0 Å². The lowest BCUT2D eigenvalue weighted by molar-refractivity contribution is 0.102. The molecule has 0 bridgehead atoms. The van der Waals surface area contributed by atoms with Crippen LogP contribution in [-0.2, 0) is 22.9 Å². The van der Waals surface area contributed by atoms with Crippen molar-refractivity contribution in [3.8, 4) is 0 Å². The number of benzene rings is 1. The number of ketones is 1. The molecule has 0 N–H and O–H groups in total. The van der Waals surface area contributed by atoms with Crippen molar-refractivity contribution < 1.29 is 13.2 Å². The van der Waals surface area contributed by atoms with Crippen LogP contribution < -0.4 is 0 Å². The summed E-state index contributed by atoms with van der Waals surface area (Å²) < 4.78 is 26.9. The van der Waals surface area contributed by atoms with Gasteiger partial charge in [0.2, 0.25) is 10.0 Å². The van der Waals surface area contributed by atoms with Crippen LogP contribution >= 0.6 is 11.8 Å². The maximum Gasteiger partial charge on any atom is 0.244 e. The summed E-state index contributed by atoms with van der Waals surface area (Å²) in [4.78, 5) is 17.1. The largest absolute Gasteiger partial charge is 0.293 e. The first kappa shape index (κ1) is 20.6. The van der Waals surface area contributed by atoms with Gasteiger partial charge in [0.15, 0.2) is 5.78 Å². The lowest BCUT2D eigenvalue weighted by atomic mass is 9.90. The first-order valence-electron chi connectivity index (χ1n) is 10.3. The third-order valence-corrected chi connectivity index (χ3v) is 8.51. The van der Waals surface area contributed by atoms with Gasteiger partial charge in [0.1, 0.15) is 4.90 Å². The first-order chi connectivity index (χ1) is 14.0. The molecule has 4 rings (SSSR count). The summed E-state index contributed by atoms with van der Waals surface area (Å²) in [6, 6.07) is 9.35. The van der Waals surface area contributed by atoms with Gasteiger partial charge >= 0.3 is 0 Å². The Morgan fingerprint density at radius 1 is 0.966 bits per heavy atom. The number of fused-ring (bicyclic) bond motifs is 1. The standard InChI is InChI=1S/C22H26N2O3S2/c25-21(19-9-8-17-6-2-3-7-18(17)14-19)16-28-22-11-10-20(15-23-22)29(26,27)24-12-4-1-5-13-24/h8-11,14-15H,1-7,12-13,16H2. The molecule has 0 amide bonds. The van der Waals surface area contributed by atoms with Crippen molar-refractivity contribution in [3.63, 3.8) is 0 Å². The summed E-state index contributed by atoms with van der Waals surface area (Å²) in [7, 11) is -3.47. The lowest BCUT2D eigenvalue weighted by Gasteiger charge is -2.25. The van der Waals surface area contributed by atoms with Crippen molar-refractivity contribution in [1.29, 1.82) is 0 Å². The fourth-order valence-electron chi connectivity index (χ4n) is 3.99. The predicted octanol–water partition coefficient (Wildman–Crippen LogP) is 4.11. The van der Waals surface area contributed by atoms with Crippen LogP contribution in [0.25, 0.3) is 0 Å². The van der Waals surface area contributed by atoms with Gasteiger partial charge in [-0.15, -0.1) is 0 Å². The predicted molar refractivity (Wildman–Crippen MR) is 115 cm³/mol. The van der Waals surface area contributed by atoms with Crippen molar-refractivity contribution in [2.24, 2.45) is 0 Å². The first-order valence-corrected chi connectivity index (χ1v) is 12.7. The van der Waals surface area contributed by atoms with Crippen molar-refractivity contribution in [2.45, 2.75) is 54.9 Å². The number of aromatic nitrogens is 1. The second kappa shape index (κ2) is 8.98. The van der Waals surface area contributed by atoms with Crippen LogP contribution in [0, 0.1) is 0 Å². The minimum absolute atomic E-state index is 0.0789. The summed E-state index contributed by atoms with van der Waals surface area (Å²) >= 11 is 1.35. The molecule has 2 aliphatic rings. The van der Waals surface area contributed by atoms with E-state index in [-0.39, 0.29) is 10.7 Å². The maximum absolute atomic E-state index is 12.7. The molecule has 0 unspecified atom stereocenters. The number of rotatable bonds is 6. The number of carbonyl (C=O) groups is 1. The molecule has 29 heavy (non-hydrogen) atoms. The molecule has 1 fully saturated rings. The second-order valence-corrected chi connectivity index (χ2v) is 10.6. The number of piperidine rings is 1. The Morgan fingerprint density at radius 3 is 2.45 bits per heavy atom. The van der Waals surface area contributed by atoms with Gasteiger partial charge in [0.25, 0.3) is 0 Å². The van der Waals surface area contributed by atoms with Crippen LogP contribution in [0.15, 0.2) is 46.5 Å². The van der Waals surface area contributed by atoms with Gasteiger partial charge in [-0.05, 0) is 67.9 Å². The second-order valence-electron chi connectivity index (χ2n) is 7.70. The van der Waals surface area contributed by atoms with Gasteiger partial charge in [-0.3, -0.25) is 4.79 Å². The van der Waals surface area contributed by atoms with E-state index in [9.17, 15) is 13.2 Å². The molecule has 1 aliphatic carbocycles. The Hall–Kier alpha value is -1.70. The van der Waals surface area contributed by atoms with Crippen LogP contribution in [0.3, 0.4) is 0 Å². The zero-order valence-corrected chi connectivity index (χ0v) is 18.1. The van der Waals surface area contributed by atoms with Crippen LogP contribution in [0.4, 0.5) is 0 Å². The summed E-state index contributed by atoms with van der Waals surface area (Å²) in [5, 5.41) is 0.661. The fourth-order valence-corrected chi connectivity index (χ4v) is 6.19. The van der Waals surface area contributed by atoms with E-state index in [0.717, 1.165) is 37.7 Å². The minimum atomic E-state index is -3.47. The average molecular weight is 431 g/mol. The van der Waals surface area contributed by atoms with E-state index in [1.54, 1.807) is 16.4 Å². The normalized spacial score (nSPS) is 17.7. The highest BCUT2D eigenvalue weighted by atomic mass is 32.2. The van der Waals surface area contributed by atoms with E-state index in [4.69, 9.17) is 0 Å². The molecular weight excluding hydrogens is 404 g/mol. The van der Waals surface area contributed by atoms with Crippen LogP contribution in [0.2, 0.25) is 0 Å². The molecule has 0 radical (unpaired) electrons. The highest BCUT2D eigenvalue weighted by Crippen LogP contribution is 2.25. The van der Waals surface area contributed by atoms with E-state index in [1.165, 1.54) is 41.9 Å². The van der Waals surface area contributed by atoms with Gasteiger partial charge in [-0.2, -0.15) is 4.31 Å². The van der Waals surface area contributed by atoms with Gasteiger partial charge in [0.05, 0.1) is 10.8 Å². The summed E-state index contributed by atoms with van der Waals surface area (Å²) in [6.07, 6.45) is 8.89. The molecule has 1 aromatic heterocycles. The van der Waals surface area contributed by atoms with Gasteiger partial charge in [-0.1, -0.05) is 30.3 Å². The number of nitrogens with zero attached hydrogens (tertiary/aromatic N) is 2. The number of carbonyl (C=O) groups excluding carboxylic acids is 1. The molecule has 154 valence electrons.